The summed E-state index contributed by atoms with van der Waals surface area (Å²) in [5, 5.41) is -0.487. The minimum Gasteiger partial charge on any atom is -0.207 e. The molecule has 1 N–H and O–H groups in total. The maximum Gasteiger partial charge on any atom is 0.402 e. The van der Waals surface area contributed by atoms with Crippen LogP contribution in [0.2, 0.25) is 10.0 Å². The molecule has 3 nitrogen and oxygen atoms in total. The van der Waals surface area contributed by atoms with Crippen LogP contribution in [-0.4, -0.2) is 21.1 Å². The van der Waals surface area contributed by atoms with Gasteiger partial charge in [-0.25, -0.2) is 13.1 Å². The zero-order valence-electron chi connectivity index (χ0n) is 8.05. The fourth-order valence-corrected chi connectivity index (χ4v) is 3.14. The number of nitrogens with one attached hydrogen (secondary N) is 1. The summed E-state index contributed by atoms with van der Waals surface area (Å²) in [7, 11) is -4.39. The minimum absolute atomic E-state index is 0.243. The monoisotopic (exact) mass is 307 g/mol. The van der Waals surface area contributed by atoms with Crippen LogP contribution in [0.4, 0.5) is 13.2 Å². The first kappa shape index (κ1) is 14.6. The van der Waals surface area contributed by atoms with E-state index < -0.39 is 27.6 Å². The predicted octanol–water partition coefficient (Wildman–Crippen LogP) is 2.83. The third kappa shape index (κ3) is 4.02. The van der Waals surface area contributed by atoms with Gasteiger partial charge in [-0.2, -0.15) is 13.2 Å². The van der Waals surface area contributed by atoms with Crippen molar-refractivity contribution in [2.75, 3.05) is 6.54 Å². The van der Waals surface area contributed by atoms with E-state index in [0.717, 1.165) is 0 Å². The molecule has 0 bridgehead atoms. The van der Waals surface area contributed by atoms with E-state index in [4.69, 9.17) is 23.2 Å². The first-order chi connectivity index (χ1) is 7.63. The van der Waals surface area contributed by atoms with Crippen molar-refractivity contribution in [3.63, 3.8) is 0 Å². The third-order valence-corrected chi connectivity index (χ3v) is 4.01. The van der Waals surface area contributed by atoms with E-state index in [1.54, 1.807) is 0 Å². The van der Waals surface area contributed by atoms with E-state index in [1.807, 2.05) is 0 Å². The van der Waals surface area contributed by atoms with Gasteiger partial charge in [0.05, 0.1) is 10.0 Å². The van der Waals surface area contributed by atoms with E-state index in [9.17, 15) is 21.6 Å². The van der Waals surface area contributed by atoms with Crippen molar-refractivity contribution in [2.24, 2.45) is 0 Å². The Balaban J connectivity index is 3.06. The molecule has 0 heterocycles. The van der Waals surface area contributed by atoms with Crippen LogP contribution in [0, 0.1) is 0 Å². The maximum absolute atomic E-state index is 11.9. The first-order valence-electron chi connectivity index (χ1n) is 4.14. The molecule has 0 aliphatic heterocycles. The van der Waals surface area contributed by atoms with E-state index in [1.165, 1.54) is 22.9 Å². The zero-order chi connectivity index (χ0) is 13.3. The van der Waals surface area contributed by atoms with Gasteiger partial charge in [-0.15, -0.1) is 0 Å². The number of rotatable bonds is 3. The Morgan fingerprint density at radius 3 is 2.06 bits per heavy atom. The zero-order valence-corrected chi connectivity index (χ0v) is 10.4. The molecule has 0 aromatic heterocycles. The van der Waals surface area contributed by atoms with E-state index in [0.29, 0.717) is 0 Å². The molecule has 1 rings (SSSR count). The molecule has 0 unspecified atom stereocenters. The number of sulfonamides is 1. The molecule has 1 aromatic carbocycles. The maximum atomic E-state index is 11.9. The van der Waals surface area contributed by atoms with Crippen LogP contribution in [0.3, 0.4) is 0 Å². The number of alkyl halides is 3. The smallest absolute Gasteiger partial charge is 0.207 e. The highest BCUT2D eigenvalue weighted by molar-refractivity contribution is 7.89. The van der Waals surface area contributed by atoms with Gasteiger partial charge in [0.2, 0.25) is 10.0 Å². The van der Waals surface area contributed by atoms with Gasteiger partial charge in [0.15, 0.2) is 0 Å². The van der Waals surface area contributed by atoms with Crippen molar-refractivity contribution < 1.29 is 21.6 Å². The second kappa shape index (κ2) is 5.01. The average molecular weight is 308 g/mol. The molecule has 0 spiro atoms. The summed E-state index contributed by atoms with van der Waals surface area (Å²) in [5.41, 5.74) is 0. The third-order valence-electron chi connectivity index (χ3n) is 1.65. The molecule has 0 aliphatic rings. The summed E-state index contributed by atoms with van der Waals surface area (Å²) in [6.07, 6.45) is -4.65. The van der Waals surface area contributed by atoms with Crippen LogP contribution >= 0.6 is 23.2 Å². The lowest BCUT2D eigenvalue weighted by molar-refractivity contribution is -0.121. The molecule has 0 aliphatic carbocycles. The van der Waals surface area contributed by atoms with Crippen LogP contribution in [0.15, 0.2) is 23.1 Å². The summed E-state index contributed by atoms with van der Waals surface area (Å²) in [4.78, 5) is -0.562. The van der Waals surface area contributed by atoms with Gasteiger partial charge in [-0.1, -0.05) is 29.3 Å². The molecule has 0 amide bonds. The van der Waals surface area contributed by atoms with Gasteiger partial charge >= 0.3 is 6.18 Å². The molecular formula is C8H6Cl2F3NO2S. The summed E-state index contributed by atoms with van der Waals surface area (Å²) < 4.78 is 60.2. The molecule has 0 saturated carbocycles. The first-order valence-corrected chi connectivity index (χ1v) is 6.38. The number of halogens is 5. The van der Waals surface area contributed by atoms with Crippen LogP contribution in [0.5, 0.6) is 0 Å². The summed E-state index contributed by atoms with van der Waals surface area (Å²) >= 11 is 11.2. The Hall–Kier alpha value is -0.500. The van der Waals surface area contributed by atoms with Gasteiger partial charge in [-0.05, 0) is 12.1 Å². The van der Waals surface area contributed by atoms with E-state index >= 15 is 0 Å². The molecule has 0 atom stereocenters. The summed E-state index contributed by atoms with van der Waals surface area (Å²) in [5.74, 6) is 0. The Bertz CT molecular complexity index is 496. The lowest BCUT2D eigenvalue weighted by Crippen LogP contribution is -2.34. The van der Waals surface area contributed by atoms with Crippen molar-refractivity contribution in [2.45, 2.75) is 11.1 Å². The molecule has 17 heavy (non-hydrogen) atoms. The average Bonchev–Trinajstić information content (AvgIpc) is 2.13. The minimum atomic E-state index is -4.65. The normalized spacial score (nSPS) is 12.8. The highest BCUT2D eigenvalue weighted by Gasteiger charge is 2.31. The fourth-order valence-electron chi connectivity index (χ4n) is 0.988. The molecule has 1 aromatic rings. The van der Waals surface area contributed by atoms with Crippen LogP contribution in [0.25, 0.3) is 0 Å². The molecule has 0 radical (unpaired) electrons. The number of hydrogen-bond donors (Lipinski definition) is 1. The highest BCUT2D eigenvalue weighted by atomic mass is 35.5. The fraction of sp³-hybridized carbons (Fsp3) is 0.250. The molecule has 9 heteroatoms. The SMILES string of the molecule is O=S(=O)(NCC(F)(F)F)c1c(Cl)cccc1Cl. The second-order valence-corrected chi connectivity index (χ2v) is 5.51. The predicted molar refractivity (Wildman–Crippen MR) is 57.7 cm³/mol. The van der Waals surface area contributed by atoms with E-state index in [2.05, 4.69) is 0 Å². The topological polar surface area (TPSA) is 46.2 Å². The largest absolute Gasteiger partial charge is 0.402 e. The van der Waals surface area contributed by atoms with Crippen molar-refractivity contribution in [3.05, 3.63) is 28.2 Å². The number of hydrogen-bond acceptors (Lipinski definition) is 2. The van der Waals surface area contributed by atoms with E-state index in [-0.39, 0.29) is 10.0 Å². The molecule has 96 valence electrons. The van der Waals surface area contributed by atoms with Gasteiger partial charge < -0.3 is 0 Å². The Kier molecular flexibility index (Phi) is 4.29. The summed E-state index contributed by atoms with van der Waals surface area (Å²) in [6.45, 7) is -1.68. The van der Waals surface area contributed by atoms with Gasteiger partial charge in [0, 0.05) is 0 Å². The number of benzene rings is 1. The Morgan fingerprint density at radius 1 is 1.18 bits per heavy atom. The molecule has 0 fully saturated rings. The molecule has 0 saturated heterocycles. The standard InChI is InChI=1S/C8H6Cl2F3NO2S/c9-5-2-1-3-6(10)7(5)17(15,16)14-4-8(11,12)13/h1-3,14H,4H2. The highest BCUT2D eigenvalue weighted by Crippen LogP contribution is 2.29. The second-order valence-electron chi connectivity index (χ2n) is 2.99. The van der Waals surface area contributed by atoms with Gasteiger partial charge in [0.25, 0.3) is 0 Å². The van der Waals surface area contributed by atoms with Crippen molar-refractivity contribution in [3.8, 4) is 0 Å². The lowest BCUT2D eigenvalue weighted by Gasteiger charge is -2.11. The van der Waals surface area contributed by atoms with Crippen molar-refractivity contribution in [1.82, 2.24) is 4.72 Å². The van der Waals surface area contributed by atoms with Gasteiger partial charge in [-0.3, -0.25) is 0 Å². The lowest BCUT2D eigenvalue weighted by atomic mass is 10.4. The Labute approximate surface area is 106 Å². The van der Waals surface area contributed by atoms with Crippen molar-refractivity contribution in [1.29, 1.82) is 0 Å². The van der Waals surface area contributed by atoms with Crippen LogP contribution in [-0.2, 0) is 10.0 Å². The molecular weight excluding hydrogens is 302 g/mol. The summed E-state index contributed by atoms with van der Waals surface area (Å²) in [6, 6.07) is 3.82. The van der Waals surface area contributed by atoms with Gasteiger partial charge in [0.1, 0.15) is 11.4 Å². The Morgan fingerprint density at radius 2 is 1.65 bits per heavy atom. The van der Waals surface area contributed by atoms with Crippen molar-refractivity contribution >= 4 is 33.2 Å². The van der Waals surface area contributed by atoms with Crippen LogP contribution in [0.1, 0.15) is 0 Å². The quantitative estimate of drug-likeness (QED) is 0.933. The van der Waals surface area contributed by atoms with Crippen LogP contribution < -0.4 is 4.72 Å².